The van der Waals surface area contributed by atoms with Crippen molar-refractivity contribution in [2.45, 2.75) is 26.2 Å². The highest BCUT2D eigenvalue weighted by Crippen LogP contribution is 2.16. The Morgan fingerprint density at radius 1 is 1.47 bits per heavy atom. The van der Waals surface area contributed by atoms with E-state index >= 15 is 0 Å². The molecule has 1 atom stereocenters. The van der Waals surface area contributed by atoms with Crippen molar-refractivity contribution in [3.05, 3.63) is 0 Å². The molecule has 1 N–H and O–H groups in total. The van der Waals surface area contributed by atoms with Gasteiger partial charge in [-0.1, -0.05) is 6.92 Å². The van der Waals surface area contributed by atoms with Crippen LogP contribution in [0.3, 0.4) is 0 Å². The molecule has 1 aliphatic heterocycles. The average Bonchev–Trinajstić information content (AvgIpc) is 2.27. The van der Waals surface area contributed by atoms with Gasteiger partial charge in [-0.2, -0.15) is 11.8 Å². The number of rotatable bonds is 7. The van der Waals surface area contributed by atoms with E-state index in [4.69, 9.17) is 0 Å². The van der Waals surface area contributed by atoms with E-state index in [9.17, 15) is 0 Å². The molecule has 1 aliphatic rings. The second-order valence-electron chi connectivity index (χ2n) is 4.46. The maximum absolute atomic E-state index is 3.48. The summed E-state index contributed by atoms with van der Waals surface area (Å²) in [6, 6.07) is 0. The van der Waals surface area contributed by atoms with E-state index in [0.717, 1.165) is 12.5 Å². The fourth-order valence-corrected chi connectivity index (χ4v) is 2.72. The number of hydrogen-bond donors (Lipinski definition) is 1. The van der Waals surface area contributed by atoms with Crippen LogP contribution in [0.5, 0.6) is 0 Å². The van der Waals surface area contributed by atoms with Gasteiger partial charge >= 0.3 is 0 Å². The molecule has 2 nitrogen and oxygen atoms in total. The van der Waals surface area contributed by atoms with Gasteiger partial charge in [0, 0.05) is 6.54 Å². The smallest absolute Gasteiger partial charge is 0.00218 e. The molecule has 0 aromatic rings. The van der Waals surface area contributed by atoms with Crippen LogP contribution in [0.15, 0.2) is 0 Å². The molecule has 1 saturated heterocycles. The number of thioether (sulfide) groups is 1. The second-order valence-corrected chi connectivity index (χ2v) is 5.45. The van der Waals surface area contributed by atoms with Crippen molar-refractivity contribution in [3.63, 3.8) is 0 Å². The first-order valence-electron chi connectivity index (χ1n) is 6.28. The number of piperidine rings is 1. The predicted octanol–water partition coefficient (Wildman–Crippen LogP) is 2.06. The van der Waals surface area contributed by atoms with E-state index in [1.807, 2.05) is 11.8 Å². The van der Waals surface area contributed by atoms with Gasteiger partial charge in [0.2, 0.25) is 0 Å². The number of likely N-dealkylation sites (tertiary alicyclic amines) is 1. The van der Waals surface area contributed by atoms with Crippen molar-refractivity contribution >= 4 is 11.8 Å². The molecule has 1 unspecified atom stereocenters. The van der Waals surface area contributed by atoms with Crippen LogP contribution in [0, 0.1) is 5.92 Å². The average molecular weight is 230 g/mol. The zero-order valence-electron chi connectivity index (χ0n) is 10.3. The van der Waals surface area contributed by atoms with Crippen molar-refractivity contribution in [1.29, 1.82) is 0 Å². The highest BCUT2D eigenvalue weighted by atomic mass is 32.2. The largest absolute Gasteiger partial charge is 0.317 e. The lowest BCUT2D eigenvalue weighted by Crippen LogP contribution is -2.40. The lowest BCUT2D eigenvalue weighted by molar-refractivity contribution is 0.173. The third-order valence-corrected chi connectivity index (χ3v) is 3.81. The van der Waals surface area contributed by atoms with Crippen molar-refractivity contribution in [3.8, 4) is 0 Å². The number of nitrogens with zero attached hydrogens (tertiary/aromatic N) is 1. The van der Waals surface area contributed by atoms with Gasteiger partial charge in [-0.15, -0.1) is 0 Å². The van der Waals surface area contributed by atoms with E-state index in [1.54, 1.807) is 0 Å². The highest BCUT2D eigenvalue weighted by Gasteiger charge is 2.18. The van der Waals surface area contributed by atoms with Crippen molar-refractivity contribution in [1.82, 2.24) is 10.2 Å². The lowest BCUT2D eigenvalue weighted by atomic mass is 9.98. The monoisotopic (exact) mass is 230 g/mol. The normalized spacial score (nSPS) is 23.2. The summed E-state index contributed by atoms with van der Waals surface area (Å²) in [7, 11) is 0. The zero-order chi connectivity index (χ0) is 10.9. The Labute approximate surface area is 99.2 Å². The summed E-state index contributed by atoms with van der Waals surface area (Å²) in [6.07, 6.45) is 6.38. The number of nitrogens with one attached hydrogen (secondary N) is 1. The molecule has 15 heavy (non-hydrogen) atoms. The lowest BCUT2D eigenvalue weighted by Gasteiger charge is -2.32. The summed E-state index contributed by atoms with van der Waals surface area (Å²) in [5.74, 6) is 2.21. The molecule has 3 heteroatoms. The van der Waals surface area contributed by atoms with Crippen LogP contribution >= 0.6 is 11.8 Å². The van der Waals surface area contributed by atoms with Crippen molar-refractivity contribution in [2.24, 2.45) is 5.92 Å². The van der Waals surface area contributed by atoms with Crippen LogP contribution in [-0.2, 0) is 0 Å². The standard InChI is InChI=1S/C12H26N2S/c1-3-13-10-12-6-4-7-14(11-12)8-5-9-15-2/h12-13H,3-11H2,1-2H3. The third-order valence-electron chi connectivity index (χ3n) is 3.11. The summed E-state index contributed by atoms with van der Waals surface area (Å²) in [5, 5.41) is 3.48. The summed E-state index contributed by atoms with van der Waals surface area (Å²) in [5.41, 5.74) is 0. The molecule has 0 aromatic heterocycles. The molecule has 0 bridgehead atoms. The molecule has 1 rings (SSSR count). The van der Waals surface area contributed by atoms with E-state index in [2.05, 4.69) is 23.4 Å². The summed E-state index contributed by atoms with van der Waals surface area (Å²) in [4.78, 5) is 2.65. The third kappa shape index (κ3) is 5.79. The van der Waals surface area contributed by atoms with Gasteiger partial charge in [0.15, 0.2) is 0 Å². The quantitative estimate of drug-likeness (QED) is 0.674. The predicted molar refractivity (Wildman–Crippen MR) is 70.7 cm³/mol. The van der Waals surface area contributed by atoms with Crippen LogP contribution in [0.2, 0.25) is 0 Å². The van der Waals surface area contributed by atoms with E-state index in [0.29, 0.717) is 0 Å². The van der Waals surface area contributed by atoms with Gasteiger partial charge in [0.25, 0.3) is 0 Å². The van der Waals surface area contributed by atoms with Gasteiger partial charge in [0.1, 0.15) is 0 Å². The Balaban J connectivity index is 2.11. The summed E-state index contributed by atoms with van der Waals surface area (Å²) in [6.45, 7) is 8.49. The van der Waals surface area contributed by atoms with Crippen LogP contribution in [0.1, 0.15) is 26.2 Å². The van der Waals surface area contributed by atoms with Gasteiger partial charge < -0.3 is 10.2 Å². The molecule has 0 amide bonds. The maximum atomic E-state index is 3.48. The minimum atomic E-state index is 0.896. The van der Waals surface area contributed by atoms with E-state index in [-0.39, 0.29) is 0 Å². The van der Waals surface area contributed by atoms with Crippen LogP contribution < -0.4 is 5.32 Å². The minimum absolute atomic E-state index is 0.896. The van der Waals surface area contributed by atoms with Gasteiger partial charge in [0.05, 0.1) is 0 Å². The van der Waals surface area contributed by atoms with Gasteiger partial charge in [-0.25, -0.2) is 0 Å². The Bertz CT molecular complexity index is 153. The van der Waals surface area contributed by atoms with Crippen LogP contribution in [0.25, 0.3) is 0 Å². The Kier molecular flexibility index (Phi) is 7.49. The van der Waals surface area contributed by atoms with Crippen molar-refractivity contribution in [2.75, 3.05) is 44.7 Å². The summed E-state index contributed by atoms with van der Waals surface area (Å²) >= 11 is 1.97. The van der Waals surface area contributed by atoms with E-state index in [1.165, 1.54) is 51.2 Å². The van der Waals surface area contributed by atoms with Crippen molar-refractivity contribution < 1.29 is 0 Å². The molecular weight excluding hydrogens is 204 g/mol. The Morgan fingerprint density at radius 3 is 3.07 bits per heavy atom. The first-order valence-corrected chi connectivity index (χ1v) is 7.68. The zero-order valence-corrected chi connectivity index (χ0v) is 11.1. The topological polar surface area (TPSA) is 15.3 Å². The molecule has 90 valence electrons. The van der Waals surface area contributed by atoms with Gasteiger partial charge in [-0.3, -0.25) is 0 Å². The minimum Gasteiger partial charge on any atom is -0.317 e. The maximum Gasteiger partial charge on any atom is 0.00218 e. The Hall–Kier alpha value is 0.270. The van der Waals surface area contributed by atoms with Gasteiger partial charge in [-0.05, 0) is 63.4 Å². The second kappa shape index (κ2) is 8.43. The molecule has 0 radical (unpaired) electrons. The first kappa shape index (κ1) is 13.3. The fourth-order valence-electron chi connectivity index (χ4n) is 2.30. The molecule has 0 saturated carbocycles. The summed E-state index contributed by atoms with van der Waals surface area (Å²) < 4.78 is 0. The van der Waals surface area contributed by atoms with Crippen LogP contribution in [-0.4, -0.2) is 49.6 Å². The number of hydrogen-bond acceptors (Lipinski definition) is 3. The molecular formula is C12H26N2S. The molecule has 1 fully saturated rings. The molecule has 0 aliphatic carbocycles. The first-order chi connectivity index (χ1) is 7.36. The molecule has 0 spiro atoms. The highest BCUT2D eigenvalue weighted by molar-refractivity contribution is 7.98. The van der Waals surface area contributed by atoms with E-state index < -0.39 is 0 Å². The van der Waals surface area contributed by atoms with Crippen LogP contribution in [0.4, 0.5) is 0 Å². The fraction of sp³-hybridized carbons (Fsp3) is 1.00. The molecule has 0 aromatic carbocycles. The SMILES string of the molecule is CCNCC1CCCN(CCCSC)C1. The Morgan fingerprint density at radius 2 is 2.33 bits per heavy atom. The molecule has 1 heterocycles.